The summed E-state index contributed by atoms with van der Waals surface area (Å²) in [6, 6.07) is 12.3. The van der Waals surface area contributed by atoms with E-state index in [-0.39, 0.29) is 11.8 Å². The number of nitrogens with zero attached hydrogens (tertiary/aromatic N) is 2. The van der Waals surface area contributed by atoms with Crippen LogP contribution in [0.3, 0.4) is 0 Å². The number of aromatic nitrogens is 2. The molecule has 0 spiro atoms. The molecule has 5 heteroatoms. The molecule has 140 valence electrons. The first-order valence-corrected chi connectivity index (χ1v) is 9.76. The number of anilines is 2. The van der Waals surface area contributed by atoms with Crippen molar-refractivity contribution in [2.45, 2.75) is 33.6 Å². The molecule has 27 heavy (non-hydrogen) atoms. The first-order valence-electron chi connectivity index (χ1n) is 9.76. The predicted octanol–water partition coefficient (Wildman–Crippen LogP) is 4.73. The monoisotopic (exact) mass is 362 g/mol. The van der Waals surface area contributed by atoms with Crippen molar-refractivity contribution in [3.05, 3.63) is 42.0 Å². The standard InChI is InChI=1S/C22H26N4O/c1-4-26(5-2)20-13-18-17(12-19(20)25-22(27)15-10-11-15)23-21(24-18)16-9-7-6-8-14(16)3/h6-9,12-13,15H,4-5,10-11H2,1-3H3,(H,23,24)(H,25,27). The molecule has 0 saturated heterocycles. The van der Waals surface area contributed by atoms with Gasteiger partial charge in [-0.1, -0.05) is 24.3 Å². The van der Waals surface area contributed by atoms with Gasteiger partial charge >= 0.3 is 0 Å². The van der Waals surface area contributed by atoms with Crippen molar-refractivity contribution < 1.29 is 4.79 Å². The van der Waals surface area contributed by atoms with E-state index in [0.717, 1.165) is 59.7 Å². The summed E-state index contributed by atoms with van der Waals surface area (Å²) in [5.74, 6) is 1.16. The molecule has 1 aliphatic carbocycles. The molecular weight excluding hydrogens is 336 g/mol. The molecule has 2 N–H and O–H groups in total. The number of benzene rings is 2. The van der Waals surface area contributed by atoms with Gasteiger partial charge in [-0.15, -0.1) is 0 Å². The molecule has 1 aliphatic rings. The van der Waals surface area contributed by atoms with Gasteiger partial charge in [0.15, 0.2) is 0 Å². The summed E-state index contributed by atoms with van der Waals surface area (Å²) in [6.45, 7) is 8.10. The van der Waals surface area contributed by atoms with Crippen LogP contribution in [0.2, 0.25) is 0 Å². The number of aromatic amines is 1. The zero-order valence-electron chi connectivity index (χ0n) is 16.2. The third kappa shape index (κ3) is 3.42. The summed E-state index contributed by atoms with van der Waals surface area (Å²) in [6.07, 6.45) is 1.99. The largest absolute Gasteiger partial charge is 0.370 e. The third-order valence-corrected chi connectivity index (χ3v) is 5.31. The molecular formula is C22H26N4O. The topological polar surface area (TPSA) is 61.0 Å². The van der Waals surface area contributed by atoms with Gasteiger partial charge in [-0.3, -0.25) is 4.79 Å². The molecule has 2 aromatic carbocycles. The lowest BCUT2D eigenvalue weighted by Crippen LogP contribution is -2.24. The zero-order valence-corrected chi connectivity index (χ0v) is 16.2. The lowest BCUT2D eigenvalue weighted by molar-refractivity contribution is -0.117. The molecule has 0 bridgehead atoms. The van der Waals surface area contributed by atoms with E-state index in [9.17, 15) is 4.79 Å². The first-order chi connectivity index (χ1) is 13.1. The number of carbonyl (C=O) groups excluding carboxylic acids is 1. The maximum atomic E-state index is 12.4. The minimum Gasteiger partial charge on any atom is -0.370 e. The van der Waals surface area contributed by atoms with Crippen LogP contribution in [-0.2, 0) is 4.79 Å². The van der Waals surface area contributed by atoms with Crippen molar-refractivity contribution in [1.82, 2.24) is 9.97 Å². The third-order valence-electron chi connectivity index (χ3n) is 5.31. The Bertz CT molecular complexity index is 983. The van der Waals surface area contributed by atoms with Gasteiger partial charge in [-0.25, -0.2) is 4.98 Å². The van der Waals surface area contributed by atoms with Crippen molar-refractivity contribution in [3.63, 3.8) is 0 Å². The zero-order chi connectivity index (χ0) is 19.0. The summed E-state index contributed by atoms with van der Waals surface area (Å²) in [7, 11) is 0. The van der Waals surface area contributed by atoms with Gasteiger partial charge in [0.25, 0.3) is 0 Å². The molecule has 0 radical (unpaired) electrons. The van der Waals surface area contributed by atoms with Gasteiger partial charge in [0, 0.05) is 24.6 Å². The number of carbonyl (C=O) groups is 1. The highest BCUT2D eigenvalue weighted by Gasteiger charge is 2.30. The highest BCUT2D eigenvalue weighted by atomic mass is 16.2. The average molecular weight is 362 g/mol. The Morgan fingerprint density at radius 3 is 2.63 bits per heavy atom. The molecule has 0 aliphatic heterocycles. The molecule has 1 aromatic heterocycles. The van der Waals surface area contributed by atoms with E-state index in [1.54, 1.807) is 0 Å². The Hall–Kier alpha value is -2.82. The van der Waals surface area contributed by atoms with Crippen molar-refractivity contribution in [2.24, 2.45) is 5.92 Å². The second-order valence-corrected chi connectivity index (χ2v) is 7.22. The first kappa shape index (κ1) is 17.6. The van der Waals surface area contributed by atoms with Crippen molar-refractivity contribution in [1.29, 1.82) is 0 Å². The van der Waals surface area contributed by atoms with E-state index in [4.69, 9.17) is 4.98 Å². The van der Waals surface area contributed by atoms with Gasteiger partial charge in [0.1, 0.15) is 5.82 Å². The number of imidazole rings is 1. The van der Waals surface area contributed by atoms with E-state index < -0.39 is 0 Å². The molecule has 5 nitrogen and oxygen atoms in total. The van der Waals surface area contributed by atoms with Crippen LogP contribution in [0.25, 0.3) is 22.4 Å². The lowest BCUT2D eigenvalue weighted by Gasteiger charge is -2.24. The second kappa shape index (κ2) is 7.06. The SMILES string of the molecule is CCN(CC)c1cc2nc(-c3ccccc3C)[nH]c2cc1NC(=O)C1CC1. The molecule has 0 unspecified atom stereocenters. The van der Waals surface area contributed by atoms with E-state index >= 15 is 0 Å². The van der Waals surface area contributed by atoms with E-state index in [2.05, 4.69) is 54.2 Å². The Balaban J connectivity index is 1.80. The highest BCUT2D eigenvalue weighted by Crippen LogP contribution is 2.35. The van der Waals surface area contributed by atoms with Crippen LogP contribution in [0.1, 0.15) is 32.3 Å². The number of H-pyrrole nitrogens is 1. The fourth-order valence-electron chi connectivity index (χ4n) is 3.52. The molecule has 1 fully saturated rings. The van der Waals surface area contributed by atoms with Gasteiger partial charge in [0.05, 0.1) is 22.4 Å². The van der Waals surface area contributed by atoms with Crippen LogP contribution in [0.4, 0.5) is 11.4 Å². The lowest BCUT2D eigenvalue weighted by atomic mass is 10.1. The van der Waals surface area contributed by atoms with Gasteiger partial charge in [0.2, 0.25) is 5.91 Å². The van der Waals surface area contributed by atoms with Gasteiger partial charge in [-0.2, -0.15) is 0 Å². The highest BCUT2D eigenvalue weighted by molar-refractivity contribution is 6.00. The normalized spacial score (nSPS) is 13.7. The predicted molar refractivity (Wildman–Crippen MR) is 111 cm³/mol. The number of hydrogen-bond donors (Lipinski definition) is 2. The van der Waals surface area contributed by atoms with Crippen LogP contribution in [0.15, 0.2) is 36.4 Å². The quantitative estimate of drug-likeness (QED) is 0.666. The fourth-order valence-corrected chi connectivity index (χ4v) is 3.52. The number of hydrogen-bond acceptors (Lipinski definition) is 3. The molecule has 3 aromatic rings. The second-order valence-electron chi connectivity index (χ2n) is 7.22. The van der Waals surface area contributed by atoms with Crippen LogP contribution in [0, 0.1) is 12.8 Å². The maximum Gasteiger partial charge on any atom is 0.227 e. The number of nitrogens with one attached hydrogen (secondary N) is 2. The maximum absolute atomic E-state index is 12.4. The summed E-state index contributed by atoms with van der Waals surface area (Å²) >= 11 is 0. The van der Waals surface area contributed by atoms with Crippen molar-refractivity contribution in [2.75, 3.05) is 23.3 Å². The summed E-state index contributed by atoms with van der Waals surface area (Å²) in [5.41, 5.74) is 6.03. The smallest absolute Gasteiger partial charge is 0.227 e. The molecule has 1 saturated carbocycles. The molecule has 0 atom stereocenters. The number of amides is 1. The molecule has 1 heterocycles. The molecule has 4 rings (SSSR count). The van der Waals surface area contributed by atoms with E-state index in [1.807, 2.05) is 18.2 Å². The Labute approximate surface area is 159 Å². The number of rotatable bonds is 6. The Kier molecular flexibility index (Phi) is 4.60. The molecule has 1 amide bonds. The van der Waals surface area contributed by atoms with E-state index in [0.29, 0.717) is 0 Å². The summed E-state index contributed by atoms with van der Waals surface area (Å²) in [5, 5.41) is 3.15. The summed E-state index contributed by atoms with van der Waals surface area (Å²) < 4.78 is 0. The van der Waals surface area contributed by atoms with Crippen LogP contribution in [0.5, 0.6) is 0 Å². The van der Waals surface area contributed by atoms with E-state index in [1.165, 1.54) is 5.56 Å². The van der Waals surface area contributed by atoms with Crippen molar-refractivity contribution in [3.8, 4) is 11.4 Å². The summed E-state index contributed by atoms with van der Waals surface area (Å²) in [4.78, 5) is 22.9. The van der Waals surface area contributed by atoms with Crippen LogP contribution in [-0.4, -0.2) is 29.0 Å². The average Bonchev–Trinajstić information content (AvgIpc) is 3.44. The minimum absolute atomic E-state index is 0.126. The minimum atomic E-state index is 0.126. The van der Waals surface area contributed by atoms with Gasteiger partial charge < -0.3 is 15.2 Å². The number of fused-ring (bicyclic) bond motifs is 1. The Morgan fingerprint density at radius 2 is 1.96 bits per heavy atom. The van der Waals surface area contributed by atoms with Gasteiger partial charge in [-0.05, 0) is 51.3 Å². The van der Waals surface area contributed by atoms with Crippen LogP contribution < -0.4 is 10.2 Å². The number of aryl methyl sites for hydroxylation is 1. The Morgan fingerprint density at radius 1 is 1.22 bits per heavy atom. The van der Waals surface area contributed by atoms with Crippen molar-refractivity contribution >= 4 is 28.3 Å². The fraction of sp³-hybridized carbons (Fsp3) is 0.364. The van der Waals surface area contributed by atoms with Crippen LogP contribution >= 0.6 is 0 Å².